The lowest BCUT2D eigenvalue weighted by atomic mass is 10.1. The summed E-state index contributed by atoms with van der Waals surface area (Å²) in [6, 6.07) is 1.75. The number of nitrogen functional groups attached to an aromatic ring is 1. The van der Waals surface area contributed by atoms with E-state index in [0.29, 0.717) is 23.6 Å². The smallest absolute Gasteiger partial charge is 0.254 e. The standard InChI is InChI=1S/C12H17N5O2/c1-4-7-5-8(16-19-7)10-9(12(14)18)11(13)17(15-10)6(2)3/h5-6H,4,13H2,1-3H3,(H2,14,18). The minimum Gasteiger partial charge on any atom is -0.383 e. The average molecular weight is 263 g/mol. The molecule has 1 amide bonds. The van der Waals surface area contributed by atoms with Crippen LogP contribution < -0.4 is 11.5 Å². The van der Waals surface area contributed by atoms with Crippen LogP contribution in [0.25, 0.3) is 11.4 Å². The van der Waals surface area contributed by atoms with Gasteiger partial charge in [0.15, 0.2) is 0 Å². The van der Waals surface area contributed by atoms with E-state index in [-0.39, 0.29) is 17.4 Å². The molecule has 0 saturated carbocycles. The van der Waals surface area contributed by atoms with Crippen molar-refractivity contribution in [3.05, 3.63) is 17.4 Å². The van der Waals surface area contributed by atoms with Gasteiger partial charge in [0.1, 0.15) is 28.5 Å². The fourth-order valence-electron chi connectivity index (χ4n) is 1.85. The topological polar surface area (TPSA) is 113 Å². The van der Waals surface area contributed by atoms with Crippen LogP contribution in [0.5, 0.6) is 0 Å². The summed E-state index contributed by atoms with van der Waals surface area (Å²) in [5.74, 6) is 0.335. The maximum Gasteiger partial charge on any atom is 0.254 e. The van der Waals surface area contributed by atoms with Crippen molar-refractivity contribution in [2.24, 2.45) is 5.73 Å². The Hall–Kier alpha value is -2.31. The Labute approximate surface area is 110 Å². The van der Waals surface area contributed by atoms with Crippen molar-refractivity contribution in [3.8, 4) is 11.4 Å². The summed E-state index contributed by atoms with van der Waals surface area (Å²) in [5.41, 5.74) is 12.3. The predicted octanol–water partition coefficient (Wildman–Crippen LogP) is 1.36. The summed E-state index contributed by atoms with van der Waals surface area (Å²) in [6.45, 7) is 5.77. The highest BCUT2D eigenvalue weighted by atomic mass is 16.5. The molecule has 0 bridgehead atoms. The molecule has 0 atom stereocenters. The number of aryl methyl sites for hydroxylation is 1. The van der Waals surface area contributed by atoms with Gasteiger partial charge >= 0.3 is 0 Å². The molecule has 0 saturated heterocycles. The second-order valence-corrected chi connectivity index (χ2v) is 4.54. The number of amides is 1. The van der Waals surface area contributed by atoms with E-state index in [1.165, 1.54) is 0 Å². The van der Waals surface area contributed by atoms with Crippen LogP contribution in [0.3, 0.4) is 0 Å². The summed E-state index contributed by atoms with van der Waals surface area (Å²) in [5, 5.41) is 8.22. The molecule has 7 heteroatoms. The van der Waals surface area contributed by atoms with Gasteiger partial charge < -0.3 is 16.0 Å². The van der Waals surface area contributed by atoms with Gasteiger partial charge in [-0.15, -0.1) is 0 Å². The second-order valence-electron chi connectivity index (χ2n) is 4.54. The van der Waals surface area contributed by atoms with Crippen LogP contribution in [0, 0.1) is 0 Å². The molecule has 7 nitrogen and oxygen atoms in total. The number of carbonyl (C=O) groups excluding carboxylic acids is 1. The molecule has 2 heterocycles. The number of anilines is 1. The van der Waals surface area contributed by atoms with Crippen LogP contribution in [0.4, 0.5) is 5.82 Å². The first-order valence-corrected chi connectivity index (χ1v) is 6.09. The molecule has 0 aromatic carbocycles. The molecule has 0 aliphatic heterocycles. The van der Waals surface area contributed by atoms with Gasteiger partial charge in [-0.2, -0.15) is 5.10 Å². The Morgan fingerprint density at radius 2 is 2.21 bits per heavy atom. The number of hydrogen-bond donors (Lipinski definition) is 2. The highest BCUT2D eigenvalue weighted by Gasteiger charge is 2.24. The van der Waals surface area contributed by atoms with Gasteiger partial charge in [-0.25, -0.2) is 4.68 Å². The number of aromatic nitrogens is 3. The Morgan fingerprint density at radius 3 is 2.68 bits per heavy atom. The monoisotopic (exact) mass is 263 g/mol. The largest absolute Gasteiger partial charge is 0.383 e. The number of nitrogens with zero attached hydrogens (tertiary/aromatic N) is 3. The quantitative estimate of drug-likeness (QED) is 0.864. The van der Waals surface area contributed by atoms with E-state index >= 15 is 0 Å². The zero-order chi connectivity index (χ0) is 14.2. The normalized spacial score (nSPS) is 11.2. The molecule has 102 valence electrons. The van der Waals surface area contributed by atoms with Gasteiger partial charge in [0.05, 0.1) is 0 Å². The van der Waals surface area contributed by atoms with Crippen molar-refractivity contribution in [1.82, 2.24) is 14.9 Å². The van der Waals surface area contributed by atoms with Crippen molar-refractivity contribution >= 4 is 11.7 Å². The molecule has 0 aliphatic carbocycles. The lowest BCUT2D eigenvalue weighted by Gasteiger charge is -2.06. The number of rotatable bonds is 4. The molecular weight excluding hydrogens is 246 g/mol. The van der Waals surface area contributed by atoms with E-state index in [1.54, 1.807) is 10.7 Å². The molecule has 0 fully saturated rings. The maximum atomic E-state index is 11.6. The minimum atomic E-state index is -0.625. The molecule has 2 aromatic rings. The van der Waals surface area contributed by atoms with Crippen molar-refractivity contribution in [2.75, 3.05) is 5.73 Å². The molecule has 0 radical (unpaired) electrons. The zero-order valence-corrected chi connectivity index (χ0v) is 11.2. The van der Waals surface area contributed by atoms with Crippen LogP contribution in [-0.4, -0.2) is 20.8 Å². The van der Waals surface area contributed by atoms with Gasteiger partial charge in [0.25, 0.3) is 5.91 Å². The van der Waals surface area contributed by atoms with Crippen LogP contribution >= 0.6 is 0 Å². The van der Waals surface area contributed by atoms with Gasteiger partial charge in [-0.3, -0.25) is 4.79 Å². The summed E-state index contributed by atoms with van der Waals surface area (Å²) in [7, 11) is 0. The Balaban J connectivity index is 2.61. The van der Waals surface area contributed by atoms with E-state index in [2.05, 4.69) is 10.3 Å². The minimum absolute atomic E-state index is 0.0180. The van der Waals surface area contributed by atoms with Crippen molar-refractivity contribution in [2.45, 2.75) is 33.2 Å². The lowest BCUT2D eigenvalue weighted by Crippen LogP contribution is -2.15. The van der Waals surface area contributed by atoms with E-state index < -0.39 is 5.91 Å². The fraction of sp³-hybridized carbons (Fsp3) is 0.417. The Morgan fingerprint density at radius 1 is 1.53 bits per heavy atom. The average Bonchev–Trinajstić information content (AvgIpc) is 2.92. The SMILES string of the molecule is CCc1cc(-c2nn(C(C)C)c(N)c2C(N)=O)no1. The molecular formula is C12H17N5O2. The predicted molar refractivity (Wildman–Crippen MR) is 70.4 cm³/mol. The molecule has 0 aliphatic rings. The number of primary amides is 1. The molecule has 0 unspecified atom stereocenters. The lowest BCUT2D eigenvalue weighted by molar-refractivity contribution is 0.100. The van der Waals surface area contributed by atoms with E-state index in [0.717, 1.165) is 0 Å². The van der Waals surface area contributed by atoms with Crippen molar-refractivity contribution < 1.29 is 9.32 Å². The van der Waals surface area contributed by atoms with Gasteiger partial charge in [0.2, 0.25) is 0 Å². The third-order valence-corrected chi connectivity index (χ3v) is 2.83. The summed E-state index contributed by atoms with van der Waals surface area (Å²) >= 11 is 0. The van der Waals surface area contributed by atoms with Gasteiger partial charge in [-0.1, -0.05) is 12.1 Å². The third-order valence-electron chi connectivity index (χ3n) is 2.83. The Bertz CT molecular complexity index is 612. The molecule has 0 spiro atoms. The van der Waals surface area contributed by atoms with Crippen LogP contribution in [0.15, 0.2) is 10.6 Å². The van der Waals surface area contributed by atoms with Crippen molar-refractivity contribution in [1.29, 1.82) is 0 Å². The van der Waals surface area contributed by atoms with Gasteiger partial charge in [-0.05, 0) is 13.8 Å². The van der Waals surface area contributed by atoms with E-state index in [9.17, 15) is 4.79 Å². The zero-order valence-electron chi connectivity index (χ0n) is 11.2. The van der Waals surface area contributed by atoms with Gasteiger partial charge in [0, 0.05) is 18.5 Å². The summed E-state index contributed by atoms with van der Waals surface area (Å²) in [4.78, 5) is 11.6. The van der Waals surface area contributed by atoms with Crippen LogP contribution in [0.2, 0.25) is 0 Å². The highest BCUT2D eigenvalue weighted by Crippen LogP contribution is 2.28. The first-order chi connectivity index (χ1) is 8.95. The molecule has 4 N–H and O–H groups in total. The fourth-order valence-corrected chi connectivity index (χ4v) is 1.85. The highest BCUT2D eigenvalue weighted by molar-refractivity contribution is 6.02. The second kappa shape index (κ2) is 4.75. The number of carbonyl (C=O) groups is 1. The maximum absolute atomic E-state index is 11.6. The number of nitrogens with two attached hydrogens (primary N) is 2. The van der Waals surface area contributed by atoms with E-state index in [1.807, 2.05) is 20.8 Å². The molecule has 2 aromatic heterocycles. The summed E-state index contributed by atoms with van der Waals surface area (Å²) < 4.78 is 6.67. The van der Waals surface area contributed by atoms with Crippen molar-refractivity contribution in [3.63, 3.8) is 0 Å². The summed E-state index contributed by atoms with van der Waals surface area (Å²) in [6.07, 6.45) is 0.708. The Kier molecular flexibility index (Phi) is 3.28. The van der Waals surface area contributed by atoms with Crippen LogP contribution in [0.1, 0.15) is 42.9 Å². The molecule has 19 heavy (non-hydrogen) atoms. The number of hydrogen-bond acceptors (Lipinski definition) is 5. The first kappa shape index (κ1) is 13.1. The van der Waals surface area contributed by atoms with Crippen LogP contribution in [-0.2, 0) is 6.42 Å². The van der Waals surface area contributed by atoms with E-state index in [4.69, 9.17) is 16.0 Å². The third kappa shape index (κ3) is 2.18. The molecule has 2 rings (SSSR count). The first-order valence-electron chi connectivity index (χ1n) is 6.09.